The second-order valence-electron chi connectivity index (χ2n) is 4.22. The van der Waals surface area contributed by atoms with Crippen molar-refractivity contribution in [3.05, 3.63) is 34.5 Å². The van der Waals surface area contributed by atoms with Gasteiger partial charge in [0.25, 0.3) is 0 Å². The number of carbonyl (C=O) groups is 1. The highest BCUT2D eigenvalue weighted by atomic mass is 35.5. The summed E-state index contributed by atoms with van der Waals surface area (Å²) in [6.07, 6.45) is 0.284. The van der Waals surface area contributed by atoms with E-state index in [4.69, 9.17) is 16.3 Å². The van der Waals surface area contributed by atoms with Gasteiger partial charge >= 0.3 is 5.97 Å². The maximum absolute atomic E-state index is 11.5. The number of benzene rings is 1. The van der Waals surface area contributed by atoms with Gasteiger partial charge in [-0.3, -0.25) is 4.79 Å². The summed E-state index contributed by atoms with van der Waals surface area (Å²) in [5, 5.41) is 1.72. The normalized spacial score (nSPS) is 10.9. The average molecular weight is 266 g/mol. The van der Waals surface area contributed by atoms with Crippen molar-refractivity contribution in [2.24, 2.45) is 0 Å². The lowest BCUT2D eigenvalue weighted by molar-refractivity contribution is -0.139. The van der Waals surface area contributed by atoms with Crippen molar-refractivity contribution in [3.8, 4) is 0 Å². The number of aryl methyl sites for hydroxylation is 1. The SMILES string of the molecule is CCn1c(C)c(CC(=O)OC)c2cc(Cl)ccc21. The Morgan fingerprint density at radius 1 is 1.44 bits per heavy atom. The van der Waals surface area contributed by atoms with Gasteiger partial charge in [-0.2, -0.15) is 0 Å². The number of methoxy groups -OCH3 is 1. The molecule has 0 unspecified atom stereocenters. The number of rotatable bonds is 3. The standard InChI is InChI=1S/C14H16ClNO2/c1-4-16-9(2)11(8-14(17)18-3)12-7-10(15)5-6-13(12)16/h5-7H,4,8H2,1-3H3. The zero-order valence-corrected chi connectivity index (χ0v) is 11.5. The van der Waals surface area contributed by atoms with Crippen LogP contribution in [0.4, 0.5) is 0 Å². The van der Waals surface area contributed by atoms with E-state index in [-0.39, 0.29) is 12.4 Å². The molecule has 0 N–H and O–H groups in total. The largest absolute Gasteiger partial charge is 0.469 e. The fraction of sp³-hybridized carbons (Fsp3) is 0.357. The van der Waals surface area contributed by atoms with E-state index < -0.39 is 0 Å². The third-order valence-electron chi connectivity index (χ3n) is 3.28. The average Bonchev–Trinajstić information content (AvgIpc) is 2.62. The summed E-state index contributed by atoms with van der Waals surface area (Å²) < 4.78 is 6.93. The van der Waals surface area contributed by atoms with Gasteiger partial charge in [0.15, 0.2) is 0 Å². The molecule has 1 aromatic heterocycles. The van der Waals surface area contributed by atoms with E-state index >= 15 is 0 Å². The number of fused-ring (bicyclic) bond motifs is 1. The molecular weight excluding hydrogens is 250 g/mol. The van der Waals surface area contributed by atoms with E-state index in [0.29, 0.717) is 5.02 Å². The Kier molecular flexibility index (Phi) is 3.62. The van der Waals surface area contributed by atoms with Crippen LogP contribution in [0.3, 0.4) is 0 Å². The van der Waals surface area contributed by atoms with Gasteiger partial charge in [0.05, 0.1) is 13.5 Å². The molecule has 0 atom stereocenters. The van der Waals surface area contributed by atoms with Gasteiger partial charge in [0.2, 0.25) is 0 Å². The van der Waals surface area contributed by atoms with Crippen LogP contribution in [0.15, 0.2) is 18.2 Å². The van der Waals surface area contributed by atoms with E-state index in [1.54, 1.807) is 0 Å². The number of hydrogen-bond acceptors (Lipinski definition) is 2. The third kappa shape index (κ3) is 2.10. The van der Waals surface area contributed by atoms with Crippen molar-refractivity contribution in [1.82, 2.24) is 4.57 Å². The number of halogens is 1. The molecule has 2 aromatic rings. The molecule has 0 radical (unpaired) electrons. The van der Waals surface area contributed by atoms with Gasteiger partial charge in [-0.25, -0.2) is 0 Å². The number of carbonyl (C=O) groups excluding carboxylic acids is 1. The van der Waals surface area contributed by atoms with E-state index in [0.717, 1.165) is 28.7 Å². The van der Waals surface area contributed by atoms with Gasteiger partial charge in [-0.05, 0) is 37.6 Å². The predicted molar refractivity (Wildman–Crippen MR) is 73.1 cm³/mol. The highest BCUT2D eigenvalue weighted by Crippen LogP contribution is 2.29. The zero-order valence-electron chi connectivity index (χ0n) is 10.8. The summed E-state index contributed by atoms with van der Waals surface area (Å²) in [6.45, 7) is 4.98. The first-order valence-electron chi connectivity index (χ1n) is 5.92. The summed E-state index contributed by atoms with van der Waals surface area (Å²) in [5.74, 6) is -0.228. The molecule has 1 heterocycles. The van der Waals surface area contributed by atoms with Crippen LogP contribution in [0.1, 0.15) is 18.2 Å². The van der Waals surface area contributed by atoms with Crippen LogP contribution >= 0.6 is 11.6 Å². The molecule has 0 bridgehead atoms. The molecule has 0 aliphatic heterocycles. The van der Waals surface area contributed by atoms with Gasteiger partial charge < -0.3 is 9.30 Å². The van der Waals surface area contributed by atoms with Crippen LogP contribution < -0.4 is 0 Å². The molecule has 0 aliphatic rings. The molecule has 2 rings (SSSR count). The van der Waals surface area contributed by atoms with E-state index in [1.165, 1.54) is 7.11 Å². The van der Waals surface area contributed by atoms with Gasteiger partial charge in [-0.15, -0.1) is 0 Å². The van der Waals surface area contributed by atoms with Crippen molar-refractivity contribution >= 4 is 28.5 Å². The first kappa shape index (κ1) is 13.0. The molecule has 0 aliphatic carbocycles. The van der Waals surface area contributed by atoms with Crippen LogP contribution in [0.25, 0.3) is 10.9 Å². The molecular formula is C14H16ClNO2. The van der Waals surface area contributed by atoms with E-state index in [9.17, 15) is 4.79 Å². The lowest BCUT2D eigenvalue weighted by atomic mass is 10.1. The van der Waals surface area contributed by atoms with E-state index in [1.807, 2.05) is 25.1 Å². The number of ether oxygens (including phenoxy) is 1. The van der Waals surface area contributed by atoms with E-state index in [2.05, 4.69) is 11.5 Å². The Morgan fingerprint density at radius 3 is 2.78 bits per heavy atom. The first-order chi connectivity index (χ1) is 8.58. The summed E-state index contributed by atoms with van der Waals surface area (Å²) >= 11 is 6.04. The topological polar surface area (TPSA) is 31.2 Å². The van der Waals surface area contributed by atoms with Crippen molar-refractivity contribution in [3.63, 3.8) is 0 Å². The molecule has 0 amide bonds. The molecule has 3 nitrogen and oxygen atoms in total. The summed E-state index contributed by atoms with van der Waals surface area (Å²) in [6, 6.07) is 5.78. The number of aromatic nitrogens is 1. The maximum atomic E-state index is 11.5. The Hall–Kier alpha value is -1.48. The van der Waals surface area contributed by atoms with Crippen LogP contribution in [0.2, 0.25) is 5.02 Å². The smallest absolute Gasteiger partial charge is 0.310 e. The van der Waals surface area contributed by atoms with Crippen molar-refractivity contribution in [1.29, 1.82) is 0 Å². The fourth-order valence-corrected chi connectivity index (χ4v) is 2.54. The maximum Gasteiger partial charge on any atom is 0.310 e. The second kappa shape index (κ2) is 5.02. The highest BCUT2D eigenvalue weighted by Gasteiger charge is 2.16. The van der Waals surface area contributed by atoms with Crippen molar-refractivity contribution in [2.45, 2.75) is 26.8 Å². The van der Waals surface area contributed by atoms with Crippen molar-refractivity contribution in [2.75, 3.05) is 7.11 Å². The molecule has 96 valence electrons. The number of nitrogens with zero attached hydrogens (tertiary/aromatic N) is 1. The zero-order chi connectivity index (χ0) is 13.3. The lowest BCUT2D eigenvalue weighted by Gasteiger charge is -2.04. The van der Waals surface area contributed by atoms with Gasteiger partial charge in [-0.1, -0.05) is 11.6 Å². The molecule has 1 aromatic carbocycles. The second-order valence-corrected chi connectivity index (χ2v) is 4.66. The Bertz CT molecular complexity index is 601. The van der Waals surface area contributed by atoms with Gasteiger partial charge in [0.1, 0.15) is 0 Å². The van der Waals surface area contributed by atoms with Gasteiger partial charge in [0, 0.05) is 28.2 Å². The minimum atomic E-state index is -0.228. The third-order valence-corrected chi connectivity index (χ3v) is 3.52. The van der Waals surface area contributed by atoms with Crippen LogP contribution in [0, 0.1) is 6.92 Å². The first-order valence-corrected chi connectivity index (χ1v) is 6.30. The molecule has 4 heteroatoms. The quantitative estimate of drug-likeness (QED) is 0.797. The summed E-state index contributed by atoms with van der Waals surface area (Å²) in [5.41, 5.74) is 3.21. The monoisotopic (exact) mass is 265 g/mol. The molecule has 0 spiro atoms. The van der Waals surface area contributed by atoms with Crippen LogP contribution in [-0.2, 0) is 22.5 Å². The lowest BCUT2D eigenvalue weighted by Crippen LogP contribution is -2.06. The predicted octanol–water partition coefficient (Wildman–Crippen LogP) is 3.34. The summed E-state index contributed by atoms with van der Waals surface area (Å²) in [4.78, 5) is 11.5. The Balaban J connectivity index is 2.66. The molecule has 0 fully saturated rings. The fourth-order valence-electron chi connectivity index (χ4n) is 2.37. The minimum absolute atomic E-state index is 0.228. The number of esters is 1. The molecule has 18 heavy (non-hydrogen) atoms. The Labute approximate surface area is 111 Å². The minimum Gasteiger partial charge on any atom is -0.469 e. The molecule has 0 saturated heterocycles. The summed E-state index contributed by atoms with van der Waals surface area (Å²) in [7, 11) is 1.41. The van der Waals surface area contributed by atoms with Crippen molar-refractivity contribution < 1.29 is 9.53 Å². The number of hydrogen-bond donors (Lipinski definition) is 0. The highest BCUT2D eigenvalue weighted by molar-refractivity contribution is 6.31. The van der Waals surface area contributed by atoms with Crippen LogP contribution in [0.5, 0.6) is 0 Å². The molecule has 0 saturated carbocycles. The van der Waals surface area contributed by atoms with Crippen LogP contribution in [-0.4, -0.2) is 17.6 Å². The Morgan fingerprint density at radius 2 is 2.17 bits per heavy atom.